The van der Waals surface area contributed by atoms with Gasteiger partial charge in [0.2, 0.25) is 5.88 Å². The summed E-state index contributed by atoms with van der Waals surface area (Å²) in [5, 5.41) is 9.69. The van der Waals surface area contributed by atoms with Crippen LogP contribution in [0.2, 0.25) is 0 Å². The minimum Gasteiger partial charge on any atom is -0.480 e. The van der Waals surface area contributed by atoms with E-state index in [1.165, 1.54) is 20.0 Å². The molecular weight excluding hydrogens is 294 g/mol. The van der Waals surface area contributed by atoms with Crippen molar-refractivity contribution in [1.29, 1.82) is 0 Å². The van der Waals surface area contributed by atoms with Crippen LogP contribution >= 0.6 is 0 Å². The highest BCUT2D eigenvalue weighted by Gasteiger charge is 2.37. The van der Waals surface area contributed by atoms with E-state index >= 15 is 0 Å². The van der Waals surface area contributed by atoms with E-state index in [4.69, 9.17) is 4.74 Å². The Morgan fingerprint density at radius 3 is 2.78 bits per heavy atom. The van der Waals surface area contributed by atoms with Crippen molar-refractivity contribution in [2.75, 3.05) is 46.4 Å². The Labute approximate surface area is 137 Å². The molecule has 0 unspecified atom stereocenters. The van der Waals surface area contributed by atoms with Crippen molar-refractivity contribution in [2.45, 2.75) is 12.8 Å². The fourth-order valence-corrected chi connectivity index (χ4v) is 3.70. The number of likely N-dealkylation sites (tertiary alicyclic amines) is 2. The second-order valence-electron chi connectivity index (χ2n) is 6.48. The number of carbonyl (C=O) groups excluding carboxylic acids is 1. The third-order valence-electron chi connectivity index (χ3n) is 4.98. The number of methoxy groups -OCH3 is 1. The average Bonchev–Trinajstić information content (AvgIpc) is 3.24. The molecule has 0 spiro atoms. The van der Waals surface area contributed by atoms with Crippen LogP contribution in [-0.2, 0) is 0 Å². The van der Waals surface area contributed by atoms with Gasteiger partial charge in [0.15, 0.2) is 0 Å². The van der Waals surface area contributed by atoms with Crippen LogP contribution in [0, 0.1) is 11.8 Å². The lowest BCUT2D eigenvalue weighted by Gasteiger charge is -2.23. The van der Waals surface area contributed by atoms with E-state index in [2.05, 4.69) is 9.88 Å². The minimum absolute atomic E-state index is 0.0580. The third-order valence-corrected chi connectivity index (χ3v) is 4.98. The molecule has 23 heavy (non-hydrogen) atoms. The first-order chi connectivity index (χ1) is 11.2. The van der Waals surface area contributed by atoms with Gasteiger partial charge in [0.1, 0.15) is 5.56 Å². The van der Waals surface area contributed by atoms with Gasteiger partial charge in [-0.15, -0.1) is 0 Å². The summed E-state index contributed by atoms with van der Waals surface area (Å²) in [5.41, 5.74) is 0.494. The average molecular weight is 319 g/mol. The summed E-state index contributed by atoms with van der Waals surface area (Å²) in [7, 11) is 1.52. The molecule has 126 valence electrons. The zero-order chi connectivity index (χ0) is 16.2. The van der Waals surface area contributed by atoms with Gasteiger partial charge in [-0.25, -0.2) is 4.98 Å². The molecule has 1 amide bonds. The number of carbonyl (C=O) groups is 1. The lowest BCUT2D eigenvalue weighted by atomic mass is 9.96. The van der Waals surface area contributed by atoms with E-state index in [0.717, 1.165) is 19.6 Å². The van der Waals surface area contributed by atoms with Crippen molar-refractivity contribution < 1.29 is 14.6 Å². The predicted octanol–water partition coefficient (Wildman–Crippen LogP) is 0.866. The topological polar surface area (TPSA) is 65.9 Å². The smallest absolute Gasteiger partial charge is 0.259 e. The summed E-state index contributed by atoms with van der Waals surface area (Å²) in [6, 6.07) is 3.49. The fraction of sp³-hybridized carbons (Fsp3) is 0.647. The Balaban J connectivity index is 1.69. The van der Waals surface area contributed by atoms with E-state index in [0.29, 0.717) is 30.5 Å². The van der Waals surface area contributed by atoms with Crippen molar-refractivity contribution in [3.63, 3.8) is 0 Å². The molecule has 6 heteroatoms. The summed E-state index contributed by atoms with van der Waals surface area (Å²) in [5.74, 6) is 0.797. The van der Waals surface area contributed by atoms with Crippen LogP contribution in [-0.4, -0.2) is 72.2 Å². The molecule has 2 aliphatic heterocycles. The van der Waals surface area contributed by atoms with Gasteiger partial charge < -0.3 is 19.6 Å². The number of hydrogen-bond donors (Lipinski definition) is 1. The molecule has 2 saturated heterocycles. The highest BCUT2D eigenvalue weighted by Crippen LogP contribution is 2.28. The number of aliphatic hydroxyl groups excluding tert-OH is 1. The Morgan fingerprint density at radius 2 is 2.09 bits per heavy atom. The third kappa shape index (κ3) is 3.48. The van der Waals surface area contributed by atoms with Crippen LogP contribution in [0.4, 0.5) is 0 Å². The van der Waals surface area contributed by atoms with Gasteiger partial charge in [-0.1, -0.05) is 0 Å². The van der Waals surface area contributed by atoms with Crippen molar-refractivity contribution in [2.24, 2.45) is 11.8 Å². The molecule has 0 aliphatic carbocycles. The van der Waals surface area contributed by atoms with Crippen LogP contribution in [0.5, 0.6) is 5.88 Å². The van der Waals surface area contributed by atoms with E-state index in [1.807, 2.05) is 4.90 Å². The molecule has 1 aromatic heterocycles. The van der Waals surface area contributed by atoms with Crippen LogP contribution < -0.4 is 4.74 Å². The first kappa shape index (κ1) is 16.2. The van der Waals surface area contributed by atoms with Gasteiger partial charge in [0.05, 0.1) is 7.11 Å². The molecule has 1 aromatic rings. The molecule has 3 rings (SSSR count). The zero-order valence-electron chi connectivity index (χ0n) is 13.6. The van der Waals surface area contributed by atoms with Crippen molar-refractivity contribution in [1.82, 2.24) is 14.8 Å². The molecule has 2 aliphatic rings. The Bertz CT molecular complexity index is 546. The van der Waals surface area contributed by atoms with Crippen molar-refractivity contribution >= 4 is 5.91 Å². The Hall–Kier alpha value is -1.66. The monoisotopic (exact) mass is 319 g/mol. The first-order valence-corrected chi connectivity index (χ1v) is 8.34. The summed E-state index contributed by atoms with van der Waals surface area (Å²) in [6.45, 7) is 4.67. The number of aromatic nitrogens is 1. The highest BCUT2D eigenvalue weighted by molar-refractivity contribution is 5.96. The molecule has 2 fully saturated rings. The number of hydrogen-bond acceptors (Lipinski definition) is 5. The molecule has 6 nitrogen and oxygen atoms in total. The summed E-state index contributed by atoms with van der Waals surface area (Å²) < 4.78 is 5.20. The molecule has 1 N–H and O–H groups in total. The number of pyridine rings is 1. The van der Waals surface area contributed by atoms with Gasteiger partial charge in [-0.05, 0) is 44.0 Å². The lowest BCUT2D eigenvalue weighted by Crippen LogP contribution is -2.33. The molecule has 2 atom stereocenters. The maximum Gasteiger partial charge on any atom is 0.259 e. The van der Waals surface area contributed by atoms with Gasteiger partial charge in [-0.2, -0.15) is 0 Å². The second kappa shape index (κ2) is 7.27. The van der Waals surface area contributed by atoms with E-state index in [9.17, 15) is 9.90 Å². The Kier molecular flexibility index (Phi) is 5.13. The van der Waals surface area contributed by atoms with Crippen LogP contribution in [0.3, 0.4) is 0 Å². The van der Waals surface area contributed by atoms with Gasteiger partial charge in [0, 0.05) is 38.4 Å². The summed E-state index contributed by atoms with van der Waals surface area (Å²) in [6.07, 6.45) is 4.13. The van der Waals surface area contributed by atoms with E-state index in [-0.39, 0.29) is 18.4 Å². The molecular formula is C17H25N3O3. The lowest BCUT2D eigenvalue weighted by molar-refractivity contribution is 0.0775. The van der Waals surface area contributed by atoms with Crippen molar-refractivity contribution in [3.8, 4) is 5.88 Å². The minimum atomic E-state index is -0.0580. The SMILES string of the molecule is COc1ncccc1C(=O)N1C[C@@H](CN2CCCC2)[C@@H](CO)C1. The molecule has 0 radical (unpaired) electrons. The standard InChI is InChI=1S/C17H25N3O3/c1-23-16-15(5-4-6-18-16)17(22)20-10-13(14(11-20)12-21)9-19-7-2-3-8-19/h4-6,13-14,21H,2-3,7-12H2,1H3/t13-,14-/m1/s1. The quantitative estimate of drug-likeness (QED) is 0.872. The van der Waals surface area contributed by atoms with Gasteiger partial charge in [-0.3, -0.25) is 4.79 Å². The van der Waals surface area contributed by atoms with Crippen molar-refractivity contribution in [3.05, 3.63) is 23.9 Å². The second-order valence-corrected chi connectivity index (χ2v) is 6.48. The predicted molar refractivity (Wildman–Crippen MR) is 86.4 cm³/mol. The molecule has 3 heterocycles. The van der Waals surface area contributed by atoms with Gasteiger partial charge >= 0.3 is 0 Å². The number of amides is 1. The first-order valence-electron chi connectivity index (χ1n) is 8.34. The summed E-state index contributed by atoms with van der Waals surface area (Å²) >= 11 is 0. The number of nitrogens with zero attached hydrogens (tertiary/aromatic N) is 3. The molecule has 0 aromatic carbocycles. The zero-order valence-corrected chi connectivity index (χ0v) is 13.6. The molecule has 0 saturated carbocycles. The fourth-order valence-electron chi connectivity index (χ4n) is 3.70. The number of aliphatic hydroxyl groups is 1. The van der Waals surface area contributed by atoms with Gasteiger partial charge in [0.25, 0.3) is 5.91 Å². The maximum atomic E-state index is 12.8. The van der Waals surface area contributed by atoms with Crippen LogP contribution in [0.15, 0.2) is 18.3 Å². The number of ether oxygens (including phenoxy) is 1. The number of rotatable bonds is 5. The normalized spacial score (nSPS) is 25.0. The summed E-state index contributed by atoms with van der Waals surface area (Å²) in [4.78, 5) is 21.2. The highest BCUT2D eigenvalue weighted by atomic mass is 16.5. The largest absolute Gasteiger partial charge is 0.480 e. The maximum absolute atomic E-state index is 12.8. The molecule has 0 bridgehead atoms. The van der Waals surface area contributed by atoms with E-state index in [1.54, 1.807) is 18.3 Å². The van der Waals surface area contributed by atoms with Crippen LogP contribution in [0.1, 0.15) is 23.2 Å². The van der Waals surface area contributed by atoms with Crippen LogP contribution in [0.25, 0.3) is 0 Å². The van der Waals surface area contributed by atoms with E-state index < -0.39 is 0 Å². The Morgan fingerprint density at radius 1 is 1.35 bits per heavy atom.